The quantitative estimate of drug-likeness (QED) is 0.166. The van der Waals surface area contributed by atoms with Gasteiger partial charge in [0.05, 0.1) is 39.3 Å². The predicted octanol–water partition coefficient (Wildman–Crippen LogP) is 5.62. The molecule has 2 rings (SSSR count). The number of aromatic nitrogens is 1. The topological polar surface area (TPSA) is 98.8 Å². The second-order valence-electron chi connectivity index (χ2n) is 9.60. The zero-order valence-corrected chi connectivity index (χ0v) is 26.4. The van der Waals surface area contributed by atoms with Crippen LogP contribution in [0.15, 0.2) is 33.2 Å². The third-order valence-corrected chi connectivity index (χ3v) is 15.1. The largest absolute Gasteiger partial charge is 0.497 e. The van der Waals surface area contributed by atoms with Crippen LogP contribution >= 0.6 is 15.9 Å². The number of hydrogen-bond donors (Lipinski definition) is 2. The first-order valence-corrected chi connectivity index (χ1v) is 17.6. The van der Waals surface area contributed by atoms with Crippen molar-refractivity contribution in [3.63, 3.8) is 0 Å². The standard InChI is InChI=1S/C25H37BrF4N4O3SSi/c1-7-39(8-2,9-3)20-13-21(26)34-23(22(20)27)24(4,31)16-38(35,33-15-25(28,29)30)32-14-17-10-11-18(36-5)12-19(17)37-6/h10-13H,7-9,14-16,31H2,1-6H3,(H,32,33,35). The Kier molecular flexibility index (Phi) is 11.4. The molecule has 0 aliphatic carbocycles. The van der Waals surface area contributed by atoms with Crippen molar-refractivity contribution in [3.05, 3.63) is 45.9 Å². The molecule has 7 nitrogen and oxygen atoms in total. The van der Waals surface area contributed by atoms with Crippen molar-refractivity contribution in [2.24, 2.45) is 10.1 Å². The number of nitrogens with zero attached hydrogens (tertiary/aromatic N) is 2. The van der Waals surface area contributed by atoms with Crippen LogP contribution < -0.4 is 25.1 Å². The van der Waals surface area contributed by atoms with Gasteiger partial charge in [-0.15, -0.1) is 0 Å². The van der Waals surface area contributed by atoms with Crippen LogP contribution in [0.2, 0.25) is 18.1 Å². The first-order valence-electron chi connectivity index (χ1n) is 12.5. The maximum absolute atomic E-state index is 16.1. The van der Waals surface area contributed by atoms with E-state index in [-0.39, 0.29) is 12.2 Å². The number of nitrogens with one attached hydrogen (secondary N) is 1. The van der Waals surface area contributed by atoms with Crippen LogP contribution in [-0.2, 0) is 22.0 Å². The molecule has 0 saturated carbocycles. The molecular weight excluding hydrogens is 620 g/mol. The van der Waals surface area contributed by atoms with Crippen LogP contribution in [0.5, 0.6) is 11.5 Å². The highest BCUT2D eigenvalue weighted by Crippen LogP contribution is 2.29. The Morgan fingerprint density at radius 3 is 2.26 bits per heavy atom. The van der Waals surface area contributed by atoms with E-state index in [4.69, 9.17) is 15.2 Å². The molecule has 0 aliphatic heterocycles. The van der Waals surface area contributed by atoms with E-state index in [1.165, 1.54) is 21.1 Å². The van der Waals surface area contributed by atoms with Crippen LogP contribution in [0, 0.1) is 5.82 Å². The van der Waals surface area contributed by atoms with Crippen molar-refractivity contribution in [1.82, 2.24) is 9.71 Å². The number of rotatable bonds is 13. The Hall–Kier alpha value is -1.74. The summed E-state index contributed by atoms with van der Waals surface area (Å²) in [5, 5.41) is 0.540. The van der Waals surface area contributed by atoms with Crippen molar-refractivity contribution in [2.75, 3.05) is 26.5 Å². The van der Waals surface area contributed by atoms with Crippen molar-refractivity contribution < 1.29 is 31.2 Å². The van der Waals surface area contributed by atoms with E-state index in [0.717, 1.165) is 18.1 Å². The second-order valence-corrected chi connectivity index (χ2v) is 17.7. The molecule has 220 valence electrons. The van der Waals surface area contributed by atoms with Crippen molar-refractivity contribution in [2.45, 2.75) is 64.1 Å². The van der Waals surface area contributed by atoms with Crippen LogP contribution in [0.3, 0.4) is 0 Å². The van der Waals surface area contributed by atoms with Crippen LogP contribution in [0.25, 0.3) is 0 Å². The predicted molar refractivity (Wildman–Crippen MR) is 153 cm³/mol. The fourth-order valence-corrected chi connectivity index (χ4v) is 10.8. The molecular formula is C25H37BrF4N4O3SSi. The summed E-state index contributed by atoms with van der Waals surface area (Å²) >= 11 is 3.35. The monoisotopic (exact) mass is 656 g/mol. The van der Waals surface area contributed by atoms with Gasteiger partial charge in [0.2, 0.25) is 0 Å². The number of alkyl halides is 3. The summed E-state index contributed by atoms with van der Waals surface area (Å²) in [6.07, 6.45) is -4.70. The number of hydrogen-bond acceptors (Lipinski definition) is 6. The average Bonchev–Trinajstić information content (AvgIpc) is 2.88. The molecule has 2 atom stereocenters. The summed E-state index contributed by atoms with van der Waals surface area (Å²) < 4.78 is 86.4. The zero-order valence-electron chi connectivity index (χ0n) is 23.0. The summed E-state index contributed by atoms with van der Waals surface area (Å²) in [5.74, 6) is -0.340. The summed E-state index contributed by atoms with van der Waals surface area (Å²) in [7, 11) is -3.17. The van der Waals surface area contributed by atoms with Gasteiger partial charge in [-0.05, 0) is 40.2 Å². The van der Waals surface area contributed by atoms with E-state index >= 15 is 4.39 Å². The minimum Gasteiger partial charge on any atom is -0.497 e. The highest BCUT2D eigenvalue weighted by atomic mass is 79.9. The first kappa shape index (κ1) is 33.5. The highest BCUT2D eigenvalue weighted by molar-refractivity contribution is 9.10. The van der Waals surface area contributed by atoms with E-state index in [9.17, 15) is 17.4 Å². The Morgan fingerprint density at radius 1 is 1.13 bits per heavy atom. The molecule has 0 bridgehead atoms. The number of ether oxygens (including phenoxy) is 2. The SMILES string of the molecule is CC[Si](CC)(CC)c1cc(Br)nc(C(C)(N)CS(=O)(=NCC(F)(F)F)NCc2ccc(OC)cc2OC)c1F. The van der Waals surface area contributed by atoms with Crippen molar-refractivity contribution >= 4 is 39.1 Å². The van der Waals surface area contributed by atoms with E-state index < -0.39 is 47.8 Å². The first-order chi connectivity index (χ1) is 18.1. The molecule has 0 fully saturated rings. The third-order valence-electron chi connectivity index (χ3n) is 7.00. The molecule has 14 heteroatoms. The maximum Gasteiger partial charge on any atom is 0.408 e. The van der Waals surface area contributed by atoms with Crippen LogP contribution in [0.4, 0.5) is 17.6 Å². The number of nitrogens with two attached hydrogens (primary N) is 1. The molecule has 2 unspecified atom stereocenters. The Bertz CT molecular complexity index is 1260. The minimum absolute atomic E-state index is 0.152. The normalized spacial score (nSPS) is 15.4. The zero-order chi connectivity index (χ0) is 29.6. The van der Waals surface area contributed by atoms with Gasteiger partial charge in [-0.3, -0.25) is 0 Å². The van der Waals surface area contributed by atoms with Crippen molar-refractivity contribution in [1.29, 1.82) is 0 Å². The molecule has 2 aromatic rings. The van der Waals surface area contributed by atoms with Gasteiger partial charge in [-0.2, -0.15) is 13.2 Å². The minimum atomic E-state index is -4.70. The molecule has 39 heavy (non-hydrogen) atoms. The maximum atomic E-state index is 16.1. The average molecular weight is 658 g/mol. The van der Waals surface area contributed by atoms with Crippen molar-refractivity contribution in [3.8, 4) is 11.5 Å². The highest BCUT2D eigenvalue weighted by Gasteiger charge is 2.39. The fourth-order valence-electron chi connectivity index (χ4n) is 4.57. The van der Waals surface area contributed by atoms with Gasteiger partial charge in [0.15, 0.2) is 0 Å². The van der Waals surface area contributed by atoms with Crippen LogP contribution in [0.1, 0.15) is 39.0 Å². The lowest BCUT2D eigenvalue weighted by Gasteiger charge is -2.32. The summed E-state index contributed by atoms with van der Waals surface area (Å²) in [5.41, 5.74) is 5.14. The molecule has 1 aromatic carbocycles. The lowest BCUT2D eigenvalue weighted by molar-refractivity contribution is -0.117. The lowest BCUT2D eigenvalue weighted by atomic mass is 10.0. The Balaban J connectivity index is 2.57. The van der Waals surface area contributed by atoms with E-state index in [1.807, 2.05) is 20.8 Å². The Morgan fingerprint density at radius 2 is 1.74 bits per heavy atom. The molecule has 1 heterocycles. The number of benzene rings is 1. The summed E-state index contributed by atoms with van der Waals surface area (Å²) in [4.78, 5) is 4.27. The van der Waals surface area contributed by atoms with Gasteiger partial charge in [0, 0.05) is 18.2 Å². The smallest absolute Gasteiger partial charge is 0.408 e. The lowest BCUT2D eigenvalue weighted by Crippen LogP contribution is -2.51. The second kappa shape index (κ2) is 13.3. The molecule has 1 aromatic heterocycles. The van der Waals surface area contributed by atoms with E-state index in [1.54, 1.807) is 24.3 Å². The summed E-state index contributed by atoms with van der Waals surface area (Å²) in [6, 6.07) is 8.88. The third kappa shape index (κ3) is 8.38. The van der Waals surface area contributed by atoms with Gasteiger partial charge in [0.1, 0.15) is 38.4 Å². The molecule has 0 saturated heterocycles. The van der Waals surface area contributed by atoms with Crippen LogP contribution in [-0.4, -0.2) is 50.0 Å². The Labute approximate surface area is 237 Å². The van der Waals surface area contributed by atoms with Gasteiger partial charge in [0.25, 0.3) is 0 Å². The number of pyridine rings is 1. The fraction of sp³-hybridized carbons (Fsp3) is 0.560. The van der Waals surface area contributed by atoms with E-state index in [0.29, 0.717) is 26.9 Å². The number of methoxy groups -OCH3 is 2. The molecule has 0 spiro atoms. The number of halogens is 5. The molecule has 3 N–H and O–H groups in total. The van der Waals surface area contributed by atoms with E-state index in [2.05, 4.69) is 30.0 Å². The molecule has 0 radical (unpaired) electrons. The van der Waals surface area contributed by atoms with Gasteiger partial charge >= 0.3 is 6.18 Å². The molecule has 0 amide bonds. The molecule has 0 aliphatic rings. The van der Waals surface area contributed by atoms with Gasteiger partial charge in [-0.25, -0.2) is 22.7 Å². The van der Waals surface area contributed by atoms with Gasteiger partial charge < -0.3 is 15.2 Å². The summed E-state index contributed by atoms with van der Waals surface area (Å²) in [6.45, 7) is 5.66. The van der Waals surface area contributed by atoms with Gasteiger partial charge in [-0.1, -0.05) is 45.0 Å².